The lowest BCUT2D eigenvalue weighted by atomic mass is 9.61. The van der Waals surface area contributed by atoms with Crippen molar-refractivity contribution in [3.8, 4) is 0 Å². The largest absolute Gasteiger partial charge is 0.319 e. The number of nitrogens with one attached hydrogen (secondary N) is 1. The summed E-state index contributed by atoms with van der Waals surface area (Å²) in [5, 5.41) is 3.33. The van der Waals surface area contributed by atoms with Crippen LogP contribution in [0.1, 0.15) is 39.5 Å². The first-order chi connectivity index (χ1) is 5.25. The van der Waals surface area contributed by atoms with Gasteiger partial charge < -0.3 is 5.32 Å². The summed E-state index contributed by atoms with van der Waals surface area (Å²) in [6.45, 7) is 5.93. The lowest BCUT2D eigenvalue weighted by Gasteiger charge is -2.46. The summed E-state index contributed by atoms with van der Waals surface area (Å²) in [5.41, 5.74) is 0.670. The minimum atomic E-state index is 0.670. The summed E-state index contributed by atoms with van der Waals surface area (Å²) < 4.78 is 0. The van der Waals surface area contributed by atoms with Crippen molar-refractivity contribution in [1.82, 2.24) is 5.32 Å². The molecule has 0 radical (unpaired) electrons. The van der Waals surface area contributed by atoms with Crippen LogP contribution in [0.4, 0.5) is 0 Å². The van der Waals surface area contributed by atoms with Crippen LogP contribution in [-0.4, -0.2) is 13.6 Å². The minimum absolute atomic E-state index is 0.670. The van der Waals surface area contributed by atoms with Gasteiger partial charge in [-0.1, -0.05) is 26.7 Å². The first kappa shape index (κ1) is 9.05. The Balaban J connectivity index is 2.45. The Hall–Kier alpha value is -0.0400. The monoisotopic (exact) mass is 155 g/mol. The first-order valence-electron chi connectivity index (χ1n) is 4.90. The molecular weight excluding hydrogens is 134 g/mol. The normalized spacial score (nSPS) is 24.3. The molecule has 1 atom stereocenters. The molecule has 0 saturated heterocycles. The van der Waals surface area contributed by atoms with Gasteiger partial charge in [0.1, 0.15) is 0 Å². The summed E-state index contributed by atoms with van der Waals surface area (Å²) in [6.07, 6.45) is 5.68. The molecule has 0 spiro atoms. The van der Waals surface area contributed by atoms with E-state index in [1.807, 2.05) is 0 Å². The molecular formula is C10H21N. The van der Waals surface area contributed by atoms with Crippen LogP contribution >= 0.6 is 0 Å². The fraction of sp³-hybridized carbons (Fsp3) is 1.00. The standard InChI is InChI=1S/C10H21N/c1-4-9(2)10(8-11-3)6-5-7-10/h9,11H,4-8H2,1-3H3. The van der Waals surface area contributed by atoms with Crippen LogP contribution in [0.15, 0.2) is 0 Å². The first-order valence-corrected chi connectivity index (χ1v) is 4.90. The van der Waals surface area contributed by atoms with E-state index in [4.69, 9.17) is 0 Å². The van der Waals surface area contributed by atoms with Crippen molar-refractivity contribution in [2.45, 2.75) is 39.5 Å². The predicted molar refractivity (Wildman–Crippen MR) is 49.7 cm³/mol. The van der Waals surface area contributed by atoms with Crippen LogP contribution in [0.25, 0.3) is 0 Å². The van der Waals surface area contributed by atoms with Gasteiger partial charge in [-0.25, -0.2) is 0 Å². The Labute approximate surface area is 70.6 Å². The molecule has 0 heterocycles. The van der Waals surface area contributed by atoms with E-state index in [2.05, 4.69) is 26.2 Å². The van der Waals surface area contributed by atoms with Crippen LogP contribution in [-0.2, 0) is 0 Å². The molecule has 1 unspecified atom stereocenters. The lowest BCUT2D eigenvalue weighted by molar-refractivity contribution is 0.0582. The molecule has 0 amide bonds. The van der Waals surface area contributed by atoms with Crippen molar-refractivity contribution < 1.29 is 0 Å². The molecule has 0 aromatic rings. The molecule has 1 fully saturated rings. The molecule has 0 aromatic carbocycles. The topological polar surface area (TPSA) is 12.0 Å². The van der Waals surface area contributed by atoms with Crippen LogP contribution in [0.5, 0.6) is 0 Å². The Kier molecular flexibility index (Phi) is 2.94. The highest BCUT2D eigenvalue weighted by atomic mass is 14.8. The third-order valence-corrected chi connectivity index (χ3v) is 3.54. The Morgan fingerprint density at radius 3 is 2.36 bits per heavy atom. The predicted octanol–water partition coefficient (Wildman–Crippen LogP) is 2.42. The summed E-state index contributed by atoms with van der Waals surface area (Å²) in [6, 6.07) is 0. The molecule has 1 nitrogen and oxygen atoms in total. The Morgan fingerprint density at radius 2 is 2.09 bits per heavy atom. The van der Waals surface area contributed by atoms with Crippen molar-refractivity contribution in [1.29, 1.82) is 0 Å². The fourth-order valence-electron chi connectivity index (χ4n) is 2.26. The number of hydrogen-bond donors (Lipinski definition) is 1. The van der Waals surface area contributed by atoms with Crippen LogP contribution in [0, 0.1) is 11.3 Å². The van der Waals surface area contributed by atoms with E-state index in [9.17, 15) is 0 Å². The zero-order valence-corrected chi connectivity index (χ0v) is 8.11. The molecule has 1 rings (SSSR count). The smallest absolute Gasteiger partial charge is 0.000735 e. The molecule has 1 N–H and O–H groups in total. The SMILES string of the molecule is CCC(C)C1(CNC)CCC1. The maximum Gasteiger partial charge on any atom is 0.000735 e. The summed E-state index contributed by atoms with van der Waals surface area (Å²) >= 11 is 0. The van der Waals surface area contributed by atoms with Crippen LogP contribution in [0.3, 0.4) is 0 Å². The van der Waals surface area contributed by atoms with Crippen molar-refractivity contribution in [2.24, 2.45) is 11.3 Å². The molecule has 1 heteroatoms. The van der Waals surface area contributed by atoms with E-state index in [1.165, 1.54) is 32.2 Å². The van der Waals surface area contributed by atoms with Gasteiger partial charge in [0.15, 0.2) is 0 Å². The van der Waals surface area contributed by atoms with Crippen molar-refractivity contribution in [3.63, 3.8) is 0 Å². The van der Waals surface area contributed by atoms with Crippen molar-refractivity contribution >= 4 is 0 Å². The lowest BCUT2D eigenvalue weighted by Crippen LogP contribution is -2.43. The van der Waals surface area contributed by atoms with Gasteiger partial charge in [-0.15, -0.1) is 0 Å². The van der Waals surface area contributed by atoms with Gasteiger partial charge in [-0.2, -0.15) is 0 Å². The van der Waals surface area contributed by atoms with Crippen molar-refractivity contribution in [2.75, 3.05) is 13.6 Å². The maximum absolute atomic E-state index is 3.33. The highest BCUT2D eigenvalue weighted by Gasteiger charge is 2.39. The second kappa shape index (κ2) is 3.57. The van der Waals surface area contributed by atoms with Crippen LogP contribution < -0.4 is 5.32 Å². The highest BCUT2D eigenvalue weighted by Crippen LogP contribution is 2.47. The van der Waals surface area contributed by atoms with Gasteiger partial charge in [-0.3, -0.25) is 0 Å². The third-order valence-electron chi connectivity index (χ3n) is 3.54. The average molecular weight is 155 g/mol. The molecule has 0 bridgehead atoms. The molecule has 1 aliphatic carbocycles. The molecule has 0 aliphatic heterocycles. The van der Waals surface area contributed by atoms with Crippen LogP contribution in [0.2, 0.25) is 0 Å². The quantitative estimate of drug-likeness (QED) is 0.657. The number of rotatable bonds is 4. The zero-order valence-electron chi connectivity index (χ0n) is 8.11. The summed E-state index contributed by atoms with van der Waals surface area (Å²) in [5.74, 6) is 0.906. The van der Waals surface area contributed by atoms with E-state index in [1.54, 1.807) is 0 Å². The molecule has 11 heavy (non-hydrogen) atoms. The van der Waals surface area contributed by atoms with Gasteiger partial charge in [0.2, 0.25) is 0 Å². The zero-order chi connectivity index (χ0) is 8.32. The van der Waals surface area contributed by atoms with E-state index in [0.29, 0.717) is 5.41 Å². The third kappa shape index (κ3) is 1.58. The Bertz CT molecular complexity index is 116. The second-order valence-electron chi connectivity index (χ2n) is 4.06. The van der Waals surface area contributed by atoms with E-state index in [0.717, 1.165) is 5.92 Å². The molecule has 1 aliphatic rings. The molecule has 66 valence electrons. The summed E-state index contributed by atoms with van der Waals surface area (Å²) in [7, 11) is 2.07. The Morgan fingerprint density at radius 1 is 1.45 bits per heavy atom. The minimum Gasteiger partial charge on any atom is -0.319 e. The van der Waals surface area contributed by atoms with Gasteiger partial charge in [0.25, 0.3) is 0 Å². The maximum atomic E-state index is 3.33. The van der Waals surface area contributed by atoms with Gasteiger partial charge in [0, 0.05) is 6.54 Å². The second-order valence-corrected chi connectivity index (χ2v) is 4.06. The van der Waals surface area contributed by atoms with E-state index in [-0.39, 0.29) is 0 Å². The van der Waals surface area contributed by atoms with Gasteiger partial charge in [-0.05, 0) is 31.2 Å². The molecule has 1 saturated carbocycles. The fourth-order valence-corrected chi connectivity index (χ4v) is 2.26. The van der Waals surface area contributed by atoms with Crippen molar-refractivity contribution in [3.05, 3.63) is 0 Å². The highest BCUT2D eigenvalue weighted by molar-refractivity contribution is 4.92. The van der Waals surface area contributed by atoms with Gasteiger partial charge >= 0.3 is 0 Å². The van der Waals surface area contributed by atoms with E-state index < -0.39 is 0 Å². The van der Waals surface area contributed by atoms with Gasteiger partial charge in [0.05, 0.1) is 0 Å². The van der Waals surface area contributed by atoms with E-state index >= 15 is 0 Å². The number of hydrogen-bond acceptors (Lipinski definition) is 1. The molecule has 0 aromatic heterocycles. The summed E-state index contributed by atoms with van der Waals surface area (Å²) in [4.78, 5) is 0. The average Bonchev–Trinajstić information content (AvgIpc) is 1.95.